The Balaban J connectivity index is 1.89. The Morgan fingerprint density at radius 3 is 2.85 bits per heavy atom. The van der Waals surface area contributed by atoms with Crippen molar-refractivity contribution in [2.24, 2.45) is 5.92 Å². The van der Waals surface area contributed by atoms with Crippen LogP contribution in [0.1, 0.15) is 18.4 Å². The third-order valence-corrected chi connectivity index (χ3v) is 3.45. The van der Waals surface area contributed by atoms with E-state index in [9.17, 15) is 14.0 Å². The zero-order chi connectivity index (χ0) is 14.5. The molecular formula is C14H17FN2O3. The first-order valence-electron chi connectivity index (χ1n) is 6.57. The van der Waals surface area contributed by atoms with Crippen molar-refractivity contribution in [1.29, 1.82) is 0 Å². The first-order valence-corrected chi connectivity index (χ1v) is 6.57. The van der Waals surface area contributed by atoms with E-state index in [4.69, 9.17) is 5.11 Å². The van der Waals surface area contributed by atoms with Gasteiger partial charge in [0.15, 0.2) is 0 Å². The monoisotopic (exact) mass is 280 g/mol. The van der Waals surface area contributed by atoms with Crippen LogP contribution in [0.4, 0.5) is 9.18 Å². The van der Waals surface area contributed by atoms with Crippen LogP contribution < -0.4 is 5.32 Å². The summed E-state index contributed by atoms with van der Waals surface area (Å²) < 4.78 is 13.4. The van der Waals surface area contributed by atoms with Gasteiger partial charge in [-0.05, 0) is 18.9 Å². The maximum absolute atomic E-state index is 13.4. The van der Waals surface area contributed by atoms with Crippen molar-refractivity contribution in [3.05, 3.63) is 35.6 Å². The Morgan fingerprint density at radius 1 is 1.40 bits per heavy atom. The number of aliphatic carboxylic acids is 1. The van der Waals surface area contributed by atoms with E-state index in [2.05, 4.69) is 5.32 Å². The zero-order valence-corrected chi connectivity index (χ0v) is 11.0. The van der Waals surface area contributed by atoms with Gasteiger partial charge in [0.1, 0.15) is 5.82 Å². The van der Waals surface area contributed by atoms with Crippen LogP contribution in [0.2, 0.25) is 0 Å². The molecule has 1 aromatic carbocycles. The summed E-state index contributed by atoms with van der Waals surface area (Å²) in [6, 6.07) is 5.88. The second-order valence-electron chi connectivity index (χ2n) is 4.87. The fourth-order valence-electron chi connectivity index (χ4n) is 2.29. The van der Waals surface area contributed by atoms with Crippen LogP contribution in [0.25, 0.3) is 0 Å². The number of hydrogen-bond donors (Lipinski definition) is 2. The van der Waals surface area contributed by atoms with Crippen LogP contribution in [-0.4, -0.2) is 35.1 Å². The highest BCUT2D eigenvalue weighted by Crippen LogP contribution is 2.16. The van der Waals surface area contributed by atoms with Gasteiger partial charge in [-0.1, -0.05) is 18.2 Å². The van der Waals surface area contributed by atoms with E-state index in [1.165, 1.54) is 11.0 Å². The SMILES string of the molecule is O=C(O)[C@H]1CCCN(C(=O)NCc2ccccc2F)C1. The number of hydrogen-bond acceptors (Lipinski definition) is 2. The smallest absolute Gasteiger partial charge is 0.317 e. The number of carbonyl (C=O) groups excluding carboxylic acids is 1. The first-order chi connectivity index (χ1) is 9.58. The minimum absolute atomic E-state index is 0.0970. The van der Waals surface area contributed by atoms with E-state index in [-0.39, 0.29) is 24.9 Å². The number of halogens is 1. The molecule has 2 amide bonds. The highest BCUT2D eigenvalue weighted by molar-refractivity contribution is 5.76. The summed E-state index contributed by atoms with van der Waals surface area (Å²) in [4.78, 5) is 24.4. The summed E-state index contributed by atoms with van der Waals surface area (Å²) in [6.07, 6.45) is 1.26. The number of urea groups is 1. The van der Waals surface area contributed by atoms with Gasteiger partial charge in [-0.25, -0.2) is 9.18 Å². The highest BCUT2D eigenvalue weighted by atomic mass is 19.1. The van der Waals surface area contributed by atoms with Crippen molar-refractivity contribution < 1.29 is 19.1 Å². The van der Waals surface area contributed by atoms with Crippen molar-refractivity contribution in [1.82, 2.24) is 10.2 Å². The van der Waals surface area contributed by atoms with E-state index in [1.54, 1.807) is 18.2 Å². The average Bonchev–Trinajstić information content (AvgIpc) is 2.46. The standard InChI is InChI=1S/C14H17FN2O3/c15-12-6-2-1-4-10(12)8-16-14(20)17-7-3-5-11(9-17)13(18)19/h1-2,4,6,11H,3,5,7-9H2,(H,16,20)(H,18,19)/t11-/m0/s1. The molecule has 108 valence electrons. The van der Waals surface area contributed by atoms with Gasteiger partial charge in [-0.3, -0.25) is 4.79 Å². The molecule has 0 bridgehead atoms. The largest absolute Gasteiger partial charge is 0.481 e. The quantitative estimate of drug-likeness (QED) is 0.887. The van der Waals surface area contributed by atoms with Gasteiger partial charge < -0.3 is 15.3 Å². The second kappa shape index (κ2) is 6.36. The molecule has 0 radical (unpaired) electrons. The molecule has 1 heterocycles. The maximum atomic E-state index is 13.4. The van der Waals surface area contributed by atoms with Gasteiger partial charge in [0.05, 0.1) is 5.92 Å². The predicted molar refractivity (Wildman–Crippen MR) is 70.6 cm³/mol. The van der Waals surface area contributed by atoms with Crippen molar-refractivity contribution >= 4 is 12.0 Å². The fourth-order valence-corrected chi connectivity index (χ4v) is 2.29. The lowest BCUT2D eigenvalue weighted by molar-refractivity contribution is -0.143. The van der Waals surface area contributed by atoms with Crippen molar-refractivity contribution in [3.63, 3.8) is 0 Å². The molecule has 6 heteroatoms. The van der Waals surface area contributed by atoms with Gasteiger partial charge >= 0.3 is 12.0 Å². The molecule has 0 aromatic heterocycles. The number of piperidine rings is 1. The molecule has 0 spiro atoms. The molecule has 0 unspecified atom stereocenters. The molecule has 1 aliphatic heterocycles. The highest BCUT2D eigenvalue weighted by Gasteiger charge is 2.27. The van der Waals surface area contributed by atoms with Crippen molar-refractivity contribution in [3.8, 4) is 0 Å². The zero-order valence-electron chi connectivity index (χ0n) is 11.0. The molecule has 1 atom stereocenters. The normalized spacial score (nSPS) is 18.6. The van der Waals surface area contributed by atoms with Gasteiger partial charge in [0.25, 0.3) is 0 Å². The lowest BCUT2D eigenvalue weighted by Crippen LogP contribution is -2.46. The van der Waals surface area contributed by atoms with Crippen molar-refractivity contribution in [2.75, 3.05) is 13.1 Å². The van der Waals surface area contributed by atoms with E-state index in [1.807, 2.05) is 0 Å². The van der Waals surface area contributed by atoms with Crippen LogP contribution in [-0.2, 0) is 11.3 Å². The lowest BCUT2D eigenvalue weighted by atomic mass is 9.99. The summed E-state index contributed by atoms with van der Waals surface area (Å²) in [5, 5.41) is 11.6. The average molecular weight is 280 g/mol. The number of likely N-dealkylation sites (tertiary alicyclic amines) is 1. The molecule has 1 fully saturated rings. The van der Waals surface area contributed by atoms with Crippen LogP contribution >= 0.6 is 0 Å². The van der Waals surface area contributed by atoms with E-state index >= 15 is 0 Å². The molecule has 0 saturated carbocycles. The Morgan fingerprint density at radius 2 is 2.15 bits per heavy atom. The molecule has 20 heavy (non-hydrogen) atoms. The van der Waals surface area contributed by atoms with Crippen LogP contribution in [0.15, 0.2) is 24.3 Å². The maximum Gasteiger partial charge on any atom is 0.317 e. The first kappa shape index (κ1) is 14.3. The summed E-state index contributed by atoms with van der Waals surface area (Å²) in [7, 11) is 0. The predicted octanol–water partition coefficient (Wildman–Crippen LogP) is 1.83. The molecule has 5 nitrogen and oxygen atoms in total. The molecule has 1 aliphatic rings. The van der Waals surface area contributed by atoms with Gasteiger partial charge in [0, 0.05) is 25.2 Å². The Kier molecular flexibility index (Phi) is 4.55. The number of carboxylic acids is 1. The van der Waals surface area contributed by atoms with Crippen LogP contribution in [0.3, 0.4) is 0 Å². The minimum Gasteiger partial charge on any atom is -0.481 e. The molecular weight excluding hydrogens is 263 g/mol. The van der Waals surface area contributed by atoms with Crippen LogP contribution in [0.5, 0.6) is 0 Å². The lowest BCUT2D eigenvalue weighted by Gasteiger charge is -2.30. The summed E-state index contributed by atoms with van der Waals surface area (Å²) in [6.45, 7) is 0.838. The molecule has 2 rings (SSSR count). The topological polar surface area (TPSA) is 69.6 Å². The number of carboxylic acid groups (broad SMARTS) is 1. The van der Waals surface area contributed by atoms with Crippen molar-refractivity contribution in [2.45, 2.75) is 19.4 Å². The van der Waals surface area contributed by atoms with Gasteiger partial charge in [0.2, 0.25) is 0 Å². The van der Waals surface area contributed by atoms with Crippen LogP contribution in [0, 0.1) is 11.7 Å². The molecule has 0 aliphatic carbocycles. The third-order valence-electron chi connectivity index (χ3n) is 3.45. The third kappa shape index (κ3) is 3.46. The van der Waals surface area contributed by atoms with Gasteiger partial charge in [-0.15, -0.1) is 0 Å². The Bertz CT molecular complexity index is 507. The number of amides is 2. The molecule has 1 saturated heterocycles. The minimum atomic E-state index is -0.878. The number of rotatable bonds is 3. The second-order valence-corrected chi connectivity index (χ2v) is 4.87. The van der Waals surface area contributed by atoms with Gasteiger partial charge in [-0.2, -0.15) is 0 Å². The van der Waals surface area contributed by atoms with E-state index in [0.717, 1.165) is 0 Å². The molecule has 2 N–H and O–H groups in total. The molecule has 1 aromatic rings. The summed E-state index contributed by atoms with van der Waals surface area (Å²) in [5.41, 5.74) is 0.410. The number of nitrogens with zero attached hydrogens (tertiary/aromatic N) is 1. The Labute approximate surface area is 116 Å². The summed E-state index contributed by atoms with van der Waals surface area (Å²) >= 11 is 0. The fraction of sp³-hybridized carbons (Fsp3) is 0.429. The Hall–Kier alpha value is -2.11. The summed E-state index contributed by atoms with van der Waals surface area (Å²) in [5.74, 6) is -1.76. The van der Waals surface area contributed by atoms with E-state index in [0.29, 0.717) is 24.9 Å². The number of carbonyl (C=O) groups is 2. The number of nitrogens with one attached hydrogen (secondary N) is 1. The van der Waals surface area contributed by atoms with E-state index < -0.39 is 11.9 Å². The number of benzene rings is 1.